The van der Waals surface area contributed by atoms with E-state index in [2.05, 4.69) is 22.6 Å². The van der Waals surface area contributed by atoms with Crippen LogP contribution < -0.4 is 5.32 Å². The summed E-state index contributed by atoms with van der Waals surface area (Å²) in [5.41, 5.74) is 1.40. The van der Waals surface area contributed by atoms with Crippen molar-refractivity contribution in [3.05, 3.63) is 11.4 Å². The fourth-order valence-electron chi connectivity index (χ4n) is 2.61. The van der Waals surface area contributed by atoms with E-state index in [-0.39, 0.29) is 18.3 Å². The summed E-state index contributed by atoms with van der Waals surface area (Å²) in [5, 5.41) is 11.7. The maximum atomic E-state index is 12.4. The lowest BCUT2D eigenvalue weighted by atomic mass is 10.1. The topological polar surface area (TPSA) is 63.1 Å². The van der Waals surface area contributed by atoms with Crippen LogP contribution in [0.15, 0.2) is 0 Å². The fourth-order valence-corrected chi connectivity index (χ4v) is 2.61. The van der Waals surface area contributed by atoms with Gasteiger partial charge in [0.25, 0.3) is 5.91 Å². The highest BCUT2D eigenvalue weighted by Crippen LogP contribution is 2.20. The third kappa shape index (κ3) is 4.17. The van der Waals surface area contributed by atoms with E-state index >= 15 is 0 Å². The van der Waals surface area contributed by atoms with Crippen molar-refractivity contribution in [1.82, 2.24) is 25.2 Å². The molecule has 0 radical (unpaired) electrons. The lowest BCUT2D eigenvalue weighted by Gasteiger charge is -2.23. The van der Waals surface area contributed by atoms with E-state index in [4.69, 9.17) is 0 Å². The van der Waals surface area contributed by atoms with Crippen molar-refractivity contribution in [1.29, 1.82) is 0 Å². The first-order valence-corrected chi connectivity index (χ1v) is 7.53. The molecule has 0 unspecified atom stereocenters. The lowest BCUT2D eigenvalue weighted by molar-refractivity contribution is 0.0786. The summed E-state index contributed by atoms with van der Waals surface area (Å²) >= 11 is 0. The molecular formula is C14H26ClN5O. The highest BCUT2D eigenvalue weighted by Gasteiger charge is 2.24. The van der Waals surface area contributed by atoms with Gasteiger partial charge in [0.1, 0.15) is 0 Å². The molecule has 1 amide bonds. The number of hydrogen-bond donors (Lipinski definition) is 1. The summed E-state index contributed by atoms with van der Waals surface area (Å²) in [4.78, 5) is 14.1. The van der Waals surface area contributed by atoms with Gasteiger partial charge in [-0.1, -0.05) is 18.6 Å². The number of hydrogen-bond acceptors (Lipinski definition) is 4. The average Bonchev–Trinajstić information content (AvgIpc) is 2.86. The largest absolute Gasteiger partial charge is 0.340 e. The smallest absolute Gasteiger partial charge is 0.276 e. The van der Waals surface area contributed by atoms with Crippen molar-refractivity contribution in [2.75, 3.05) is 26.7 Å². The van der Waals surface area contributed by atoms with E-state index in [1.54, 1.807) is 4.90 Å². The van der Waals surface area contributed by atoms with Crippen LogP contribution in [0, 0.1) is 6.92 Å². The minimum atomic E-state index is -0.0175. The van der Waals surface area contributed by atoms with Gasteiger partial charge in [-0.3, -0.25) is 4.79 Å². The Kier molecular flexibility index (Phi) is 7.11. The molecule has 6 nitrogen and oxygen atoms in total. The number of piperidine rings is 1. The molecule has 1 aromatic heterocycles. The van der Waals surface area contributed by atoms with E-state index < -0.39 is 0 Å². The van der Waals surface area contributed by atoms with Crippen LogP contribution in [0.5, 0.6) is 0 Å². The first kappa shape index (κ1) is 17.9. The molecule has 1 aromatic rings. The van der Waals surface area contributed by atoms with Crippen LogP contribution in [0.25, 0.3) is 0 Å². The molecule has 2 heterocycles. The molecule has 1 aliphatic heterocycles. The number of nitrogens with zero attached hydrogens (tertiary/aromatic N) is 4. The van der Waals surface area contributed by atoms with Crippen LogP contribution >= 0.6 is 12.4 Å². The van der Waals surface area contributed by atoms with Gasteiger partial charge in [0.05, 0.1) is 11.7 Å². The highest BCUT2D eigenvalue weighted by molar-refractivity contribution is 5.93. The Bertz CT molecular complexity index is 456. The molecule has 1 saturated heterocycles. The van der Waals surface area contributed by atoms with Crippen molar-refractivity contribution in [2.45, 2.75) is 45.6 Å². The third-order valence-electron chi connectivity index (χ3n) is 3.98. The number of unbranched alkanes of at least 4 members (excludes halogenated alkanes) is 1. The van der Waals surface area contributed by atoms with Gasteiger partial charge in [0.2, 0.25) is 0 Å². The average molecular weight is 316 g/mol. The predicted molar refractivity (Wildman–Crippen MR) is 85.0 cm³/mol. The molecule has 0 saturated carbocycles. The molecule has 120 valence electrons. The lowest BCUT2D eigenvalue weighted by Crippen LogP contribution is -2.31. The number of nitrogens with one attached hydrogen (secondary N) is 1. The number of aromatic nitrogens is 3. The first-order valence-electron chi connectivity index (χ1n) is 7.53. The van der Waals surface area contributed by atoms with E-state index in [0.29, 0.717) is 11.7 Å². The molecule has 0 aliphatic carbocycles. The van der Waals surface area contributed by atoms with E-state index in [9.17, 15) is 4.79 Å². The monoisotopic (exact) mass is 315 g/mol. The van der Waals surface area contributed by atoms with Gasteiger partial charge in [0, 0.05) is 13.6 Å². The number of halogens is 1. The molecule has 21 heavy (non-hydrogen) atoms. The predicted octanol–water partition coefficient (Wildman–Crippen LogP) is 1.80. The molecule has 2 rings (SSSR count). The quantitative estimate of drug-likeness (QED) is 0.900. The molecule has 1 fully saturated rings. The van der Waals surface area contributed by atoms with E-state index in [0.717, 1.165) is 51.0 Å². The van der Waals surface area contributed by atoms with Crippen LogP contribution in [-0.2, 0) is 0 Å². The maximum absolute atomic E-state index is 12.4. The van der Waals surface area contributed by atoms with Crippen molar-refractivity contribution in [3.8, 4) is 0 Å². The Hall–Kier alpha value is -1.14. The number of carbonyl (C=O) groups excluding carboxylic acids is 1. The normalized spacial score (nSPS) is 15.6. The van der Waals surface area contributed by atoms with Gasteiger partial charge in [0.15, 0.2) is 5.69 Å². The summed E-state index contributed by atoms with van der Waals surface area (Å²) in [6.45, 7) is 6.85. The van der Waals surface area contributed by atoms with Crippen LogP contribution in [0.3, 0.4) is 0 Å². The third-order valence-corrected chi connectivity index (χ3v) is 3.98. The SMILES string of the molecule is CCCCN(C)C(=O)c1nnn(C2CCNCC2)c1C.Cl. The van der Waals surface area contributed by atoms with Gasteiger partial charge in [-0.25, -0.2) is 4.68 Å². The van der Waals surface area contributed by atoms with Crippen molar-refractivity contribution in [2.24, 2.45) is 0 Å². The Balaban J connectivity index is 0.00000220. The molecule has 0 aromatic carbocycles. The van der Waals surface area contributed by atoms with Gasteiger partial charge in [-0.2, -0.15) is 0 Å². The highest BCUT2D eigenvalue weighted by atomic mass is 35.5. The number of carbonyl (C=O) groups is 1. The van der Waals surface area contributed by atoms with Gasteiger partial charge in [-0.05, 0) is 39.3 Å². The summed E-state index contributed by atoms with van der Waals surface area (Å²) in [7, 11) is 1.83. The van der Waals surface area contributed by atoms with Crippen LogP contribution in [0.2, 0.25) is 0 Å². The van der Waals surface area contributed by atoms with Crippen molar-refractivity contribution >= 4 is 18.3 Å². The van der Waals surface area contributed by atoms with Crippen LogP contribution in [0.1, 0.15) is 54.8 Å². The standard InChI is InChI=1S/C14H25N5O.ClH/c1-4-5-10-18(3)14(20)13-11(2)19(17-16-13)12-6-8-15-9-7-12;/h12,15H,4-10H2,1-3H3;1H. The summed E-state index contributed by atoms with van der Waals surface area (Å²) < 4.78 is 1.93. The summed E-state index contributed by atoms with van der Waals surface area (Å²) in [6.07, 6.45) is 4.19. The zero-order valence-corrected chi connectivity index (χ0v) is 13.9. The van der Waals surface area contributed by atoms with Gasteiger partial charge < -0.3 is 10.2 Å². The summed E-state index contributed by atoms with van der Waals surface area (Å²) in [6, 6.07) is 0.367. The minimum Gasteiger partial charge on any atom is -0.340 e. The minimum absolute atomic E-state index is 0. The fraction of sp³-hybridized carbons (Fsp3) is 0.786. The second-order valence-electron chi connectivity index (χ2n) is 5.53. The Labute approximate surface area is 132 Å². The zero-order chi connectivity index (χ0) is 14.5. The van der Waals surface area contributed by atoms with E-state index in [1.165, 1.54) is 0 Å². The number of amides is 1. The van der Waals surface area contributed by atoms with Gasteiger partial charge in [-0.15, -0.1) is 17.5 Å². The maximum Gasteiger partial charge on any atom is 0.276 e. The van der Waals surface area contributed by atoms with Crippen LogP contribution in [-0.4, -0.2) is 52.5 Å². The number of rotatable bonds is 5. The first-order chi connectivity index (χ1) is 9.65. The van der Waals surface area contributed by atoms with E-state index in [1.807, 2.05) is 18.7 Å². The van der Waals surface area contributed by atoms with Crippen LogP contribution in [0.4, 0.5) is 0 Å². The second kappa shape index (κ2) is 8.34. The zero-order valence-electron chi connectivity index (χ0n) is 13.1. The van der Waals surface area contributed by atoms with Crippen molar-refractivity contribution < 1.29 is 4.79 Å². The Morgan fingerprint density at radius 2 is 2.10 bits per heavy atom. The molecule has 0 atom stereocenters. The molecule has 7 heteroatoms. The molecular weight excluding hydrogens is 290 g/mol. The second-order valence-corrected chi connectivity index (χ2v) is 5.53. The Morgan fingerprint density at radius 3 is 2.71 bits per heavy atom. The molecule has 0 spiro atoms. The van der Waals surface area contributed by atoms with Gasteiger partial charge >= 0.3 is 0 Å². The van der Waals surface area contributed by atoms with Crippen molar-refractivity contribution in [3.63, 3.8) is 0 Å². The Morgan fingerprint density at radius 1 is 1.43 bits per heavy atom. The molecule has 0 bridgehead atoms. The summed E-state index contributed by atoms with van der Waals surface area (Å²) in [5.74, 6) is -0.0175. The molecule has 1 aliphatic rings. The molecule has 1 N–H and O–H groups in total.